The standard InChI is InChI=1S/C14H31NO2/c1-12(2,3)17-14(6,7)9-11-16-13(4,5)8-10-15/h8-11,15H2,1-7H3. The van der Waals surface area contributed by atoms with Gasteiger partial charge in [-0.25, -0.2) is 0 Å². The summed E-state index contributed by atoms with van der Waals surface area (Å²) in [6.45, 7) is 16.0. The minimum Gasteiger partial charge on any atom is -0.375 e. The lowest BCUT2D eigenvalue weighted by atomic mass is 10.0. The maximum Gasteiger partial charge on any atom is 0.0655 e. The van der Waals surface area contributed by atoms with Crippen LogP contribution in [0, 0.1) is 0 Å². The summed E-state index contributed by atoms with van der Waals surface area (Å²) in [6, 6.07) is 0. The molecule has 0 spiro atoms. The molecule has 0 bridgehead atoms. The largest absolute Gasteiger partial charge is 0.375 e. The van der Waals surface area contributed by atoms with Crippen molar-refractivity contribution >= 4 is 0 Å². The molecule has 2 N–H and O–H groups in total. The molecule has 0 heterocycles. The fraction of sp³-hybridized carbons (Fsp3) is 1.00. The van der Waals surface area contributed by atoms with Crippen molar-refractivity contribution in [1.82, 2.24) is 0 Å². The van der Waals surface area contributed by atoms with Crippen molar-refractivity contribution in [2.75, 3.05) is 13.2 Å². The van der Waals surface area contributed by atoms with Crippen LogP contribution in [-0.2, 0) is 9.47 Å². The summed E-state index contributed by atoms with van der Waals surface area (Å²) < 4.78 is 11.9. The van der Waals surface area contributed by atoms with E-state index in [0.717, 1.165) is 12.8 Å². The molecule has 0 aliphatic carbocycles. The average molecular weight is 245 g/mol. The van der Waals surface area contributed by atoms with Gasteiger partial charge >= 0.3 is 0 Å². The summed E-state index contributed by atoms with van der Waals surface area (Å²) in [5.74, 6) is 0. The molecule has 0 unspecified atom stereocenters. The lowest BCUT2D eigenvalue weighted by Gasteiger charge is -2.35. The van der Waals surface area contributed by atoms with Crippen LogP contribution in [0.25, 0.3) is 0 Å². The summed E-state index contributed by atoms with van der Waals surface area (Å²) in [6.07, 6.45) is 1.77. The van der Waals surface area contributed by atoms with E-state index < -0.39 is 0 Å². The van der Waals surface area contributed by atoms with E-state index in [-0.39, 0.29) is 16.8 Å². The van der Waals surface area contributed by atoms with Crippen LogP contribution in [-0.4, -0.2) is 30.0 Å². The average Bonchev–Trinajstić information content (AvgIpc) is 1.96. The highest BCUT2D eigenvalue weighted by molar-refractivity contribution is 4.75. The molecule has 3 heteroatoms. The number of ether oxygens (including phenoxy) is 2. The van der Waals surface area contributed by atoms with Crippen LogP contribution in [0.2, 0.25) is 0 Å². The summed E-state index contributed by atoms with van der Waals surface area (Å²) >= 11 is 0. The van der Waals surface area contributed by atoms with Gasteiger partial charge in [0.15, 0.2) is 0 Å². The Balaban J connectivity index is 4.03. The maximum atomic E-state index is 6.00. The zero-order chi connectivity index (χ0) is 13.7. The zero-order valence-corrected chi connectivity index (χ0v) is 12.7. The molecule has 0 saturated heterocycles. The Morgan fingerprint density at radius 1 is 0.824 bits per heavy atom. The fourth-order valence-electron chi connectivity index (χ4n) is 1.87. The van der Waals surface area contributed by atoms with Gasteiger partial charge in [0, 0.05) is 0 Å². The molecule has 0 aliphatic rings. The number of rotatable bonds is 7. The lowest BCUT2D eigenvalue weighted by molar-refractivity contribution is -0.132. The van der Waals surface area contributed by atoms with E-state index in [1.54, 1.807) is 0 Å². The van der Waals surface area contributed by atoms with Crippen LogP contribution in [0.1, 0.15) is 61.3 Å². The number of hydrogen-bond donors (Lipinski definition) is 1. The van der Waals surface area contributed by atoms with E-state index in [0.29, 0.717) is 13.2 Å². The quantitative estimate of drug-likeness (QED) is 0.749. The first-order chi connectivity index (χ1) is 7.47. The maximum absolute atomic E-state index is 6.00. The van der Waals surface area contributed by atoms with E-state index in [9.17, 15) is 0 Å². The molecule has 0 amide bonds. The second-order valence-electron chi connectivity index (χ2n) is 6.87. The predicted octanol–water partition coefficient (Wildman–Crippen LogP) is 3.11. The highest BCUT2D eigenvalue weighted by atomic mass is 16.5. The molecule has 3 nitrogen and oxygen atoms in total. The summed E-state index contributed by atoms with van der Waals surface area (Å²) in [4.78, 5) is 0. The topological polar surface area (TPSA) is 44.5 Å². The van der Waals surface area contributed by atoms with Gasteiger partial charge in [-0.15, -0.1) is 0 Å². The SMILES string of the molecule is CC(C)(C)OC(C)(C)CCOC(C)(C)CCN. The minimum absolute atomic E-state index is 0.115. The van der Waals surface area contributed by atoms with Gasteiger partial charge in [0.2, 0.25) is 0 Å². The van der Waals surface area contributed by atoms with Crippen LogP contribution in [0.15, 0.2) is 0 Å². The lowest BCUT2D eigenvalue weighted by Crippen LogP contribution is -2.37. The van der Waals surface area contributed by atoms with Gasteiger partial charge in [0.1, 0.15) is 0 Å². The third-order valence-electron chi connectivity index (χ3n) is 2.53. The van der Waals surface area contributed by atoms with E-state index in [4.69, 9.17) is 15.2 Å². The first-order valence-electron chi connectivity index (χ1n) is 6.52. The third-order valence-corrected chi connectivity index (χ3v) is 2.53. The predicted molar refractivity (Wildman–Crippen MR) is 73.2 cm³/mol. The van der Waals surface area contributed by atoms with Crippen molar-refractivity contribution in [2.45, 2.75) is 78.1 Å². The summed E-state index contributed by atoms with van der Waals surface area (Å²) in [5.41, 5.74) is 5.15. The van der Waals surface area contributed by atoms with Gasteiger partial charge < -0.3 is 15.2 Å². The molecule has 0 aromatic heterocycles. The Morgan fingerprint density at radius 2 is 1.35 bits per heavy atom. The smallest absolute Gasteiger partial charge is 0.0655 e. The molecular formula is C14H31NO2. The Kier molecular flexibility index (Phi) is 6.12. The van der Waals surface area contributed by atoms with Gasteiger partial charge in [-0.05, 0) is 67.9 Å². The Bertz CT molecular complexity index is 217. The van der Waals surface area contributed by atoms with Crippen molar-refractivity contribution in [3.8, 4) is 0 Å². The molecule has 0 fully saturated rings. The number of nitrogens with two attached hydrogens (primary N) is 1. The molecule has 104 valence electrons. The fourth-order valence-corrected chi connectivity index (χ4v) is 1.87. The first-order valence-corrected chi connectivity index (χ1v) is 6.52. The number of hydrogen-bond acceptors (Lipinski definition) is 3. The second-order valence-corrected chi connectivity index (χ2v) is 6.87. The first kappa shape index (κ1) is 16.9. The van der Waals surface area contributed by atoms with Crippen LogP contribution in [0.3, 0.4) is 0 Å². The van der Waals surface area contributed by atoms with Crippen molar-refractivity contribution in [1.29, 1.82) is 0 Å². The molecule has 0 atom stereocenters. The molecule has 0 aliphatic heterocycles. The normalized spacial score (nSPS) is 14.1. The monoisotopic (exact) mass is 245 g/mol. The van der Waals surface area contributed by atoms with Crippen molar-refractivity contribution in [3.63, 3.8) is 0 Å². The third kappa shape index (κ3) is 9.57. The van der Waals surface area contributed by atoms with Crippen molar-refractivity contribution in [2.24, 2.45) is 5.73 Å². The van der Waals surface area contributed by atoms with Crippen LogP contribution in [0.4, 0.5) is 0 Å². The highest BCUT2D eigenvalue weighted by Gasteiger charge is 2.26. The van der Waals surface area contributed by atoms with Crippen LogP contribution < -0.4 is 5.73 Å². The highest BCUT2D eigenvalue weighted by Crippen LogP contribution is 2.24. The summed E-state index contributed by atoms with van der Waals surface area (Å²) in [5, 5.41) is 0. The van der Waals surface area contributed by atoms with Gasteiger partial charge in [-0.2, -0.15) is 0 Å². The van der Waals surface area contributed by atoms with E-state index >= 15 is 0 Å². The Hall–Kier alpha value is -0.120. The molecule has 0 radical (unpaired) electrons. The minimum atomic E-state index is -0.156. The van der Waals surface area contributed by atoms with Gasteiger partial charge in [0.05, 0.1) is 23.4 Å². The van der Waals surface area contributed by atoms with Gasteiger partial charge in [-0.3, -0.25) is 0 Å². The van der Waals surface area contributed by atoms with Gasteiger partial charge in [0.25, 0.3) is 0 Å². The Labute approximate surface area is 107 Å². The van der Waals surface area contributed by atoms with Crippen molar-refractivity contribution < 1.29 is 9.47 Å². The molecular weight excluding hydrogens is 214 g/mol. The second kappa shape index (κ2) is 6.17. The van der Waals surface area contributed by atoms with Crippen molar-refractivity contribution in [3.05, 3.63) is 0 Å². The summed E-state index contributed by atoms with van der Waals surface area (Å²) in [7, 11) is 0. The van der Waals surface area contributed by atoms with Crippen LogP contribution in [0.5, 0.6) is 0 Å². The van der Waals surface area contributed by atoms with E-state index in [1.165, 1.54) is 0 Å². The molecule has 17 heavy (non-hydrogen) atoms. The molecule has 0 rings (SSSR count). The van der Waals surface area contributed by atoms with E-state index in [1.807, 2.05) is 0 Å². The Morgan fingerprint density at radius 3 is 1.76 bits per heavy atom. The molecule has 0 aromatic rings. The zero-order valence-electron chi connectivity index (χ0n) is 12.7. The molecule has 0 saturated carbocycles. The molecule has 0 aromatic carbocycles. The van der Waals surface area contributed by atoms with Gasteiger partial charge in [-0.1, -0.05) is 0 Å². The van der Waals surface area contributed by atoms with E-state index in [2.05, 4.69) is 48.5 Å². The van der Waals surface area contributed by atoms with Crippen LogP contribution >= 0.6 is 0 Å².